The molecule has 0 saturated carbocycles. The van der Waals surface area contributed by atoms with Crippen LogP contribution in [0.5, 0.6) is 0 Å². The predicted octanol–water partition coefficient (Wildman–Crippen LogP) is -1.34. The van der Waals surface area contributed by atoms with Crippen LogP contribution in [-0.2, 0) is 4.79 Å². The van der Waals surface area contributed by atoms with E-state index in [1.807, 2.05) is 0 Å². The lowest BCUT2D eigenvalue weighted by atomic mass is 10.4. The third-order valence-corrected chi connectivity index (χ3v) is 1.31. The molecule has 6 N–H and O–H groups in total. The van der Waals surface area contributed by atoms with E-state index in [0.717, 1.165) is 6.42 Å². The Kier molecular flexibility index (Phi) is 5.66. The largest absolute Gasteiger partial charge is 0.480 e. The maximum absolute atomic E-state index is 10.2. The second-order valence-corrected chi connectivity index (χ2v) is 2.67. The summed E-state index contributed by atoms with van der Waals surface area (Å²) in [6.45, 7) is 4.45. The quantitative estimate of drug-likeness (QED) is 0.224. The number of nitrogens with one attached hydrogen (secondary N) is 1. The fourth-order valence-electron chi connectivity index (χ4n) is 0.784. The second-order valence-electron chi connectivity index (χ2n) is 2.67. The number of aliphatic carboxylic acids is 1. The van der Waals surface area contributed by atoms with Crippen molar-refractivity contribution in [1.29, 1.82) is 0 Å². The molecule has 0 aliphatic heterocycles. The van der Waals surface area contributed by atoms with Crippen LogP contribution in [0.3, 0.4) is 0 Å². The molecule has 0 atom stereocenters. The molecule has 0 bridgehead atoms. The zero-order valence-corrected chi connectivity index (χ0v) is 7.49. The number of hydrazine groups is 1. The van der Waals surface area contributed by atoms with E-state index in [1.54, 1.807) is 0 Å². The van der Waals surface area contributed by atoms with E-state index < -0.39 is 5.97 Å². The summed E-state index contributed by atoms with van der Waals surface area (Å²) in [5.74, 6) is 4.84. The predicted molar refractivity (Wildman–Crippen MR) is 49.3 cm³/mol. The Hall–Kier alpha value is -1.27. The van der Waals surface area contributed by atoms with Gasteiger partial charge in [0.2, 0.25) is 0 Å². The van der Waals surface area contributed by atoms with Crippen LogP contribution in [0.2, 0.25) is 0 Å². The van der Waals surface area contributed by atoms with Crippen molar-refractivity contribution in [2.75, 3.05) is 19.6 Å². The number of carbonyl (C=O) groups is 1. The van der Waals surface area contributed by atoms with Crippen molar-refractivity contribution in [3.63, 3.8) is 0 Å². The van der Waals surface area contributed by atoms with Gasteiger partial charge in [0, 0.05) is 13.1 Å². The van der Waals surface area contributed by atoms with Gasteiger partial charge in [-0.15, -0.1) is 0 Å². The molecule has 0 rings (SSSR count). The normalized spacial score (nSPS) is 10.0. The Morgan fingerprint density at radius 1 is 1.62 bits per heavy atom. The molecular formula is C7H16N4O2. The summed E-state index contributed by atoms with van der Waals surface area (Å²) in [4.78, 5) is 10.2. The first-order chi connectivity index (χ1) is 6.02. The number of carboxylic acids is 1. The van der Waals surface area contributed by atoms with Crippen molar-refractivity contribution in [3.05, 3.63) is 12.4 Å². The molecule has 0 aliphatic rings. The van der Waals surface area contributed by atoms with E-state index in [1.165, 1.54) is 5.01 Å². The Morgan fingerprint density at radius 3 is 2.69 bits per heavy atom. The van der Waals surface area contributed by atoms with Crippen LogP contribution in [0.15, 0.2) is 12.4 Å². The van der Waals surface area contributed by atoms with Gasteiger partial charge in [-0.25, -0.2) is 5.01 Å². The zero-order valence-electron chi connectivity index (χ0n) is 7.49. The molecule has 0 spiro atoms. The topological polar surface area (TPSA) is 105 Å². The van der Waals surface area contributed by atoms with Gasteiger partial charge in [-0.2, -0.15) is 0 Å². The van der Waals surface area contributed by atoms with E-state index in [4.69, 9.17) is 16.7 Å². The summed E-state index contributed by atoms with van der Waals surface area (Å²) in [6.07, 6.45) is 0.722. The summed E-state index contributed by atoms with van der Waals surface area (Å²) in [6, 6.07) is 0. The number of nitrogens with zero attached hydrogens (tertiary/aromatic N) is 1. The highest BCUT2D eigenvalue weighted by molar-refractivity contribution is 5.68. The molecule has 0 unspecified atom stereocenters. The van der Waals surface area contributed by atoms with Crippen molar-refractivity contribution >= 4 is 5.97 Å². The Bertz CT molecular complexity index is 183. The second kappa shape index (κ2) is 6.27. The number of rotatable bonds is 7. The lowest BCUT2D eigenvalue weighted by Crippen LogP contribution is -2.37. The van der Waals surface area contributed by atoms with Crippen molar-refractivity contribution in [2.24, 2.45) is 11.6 Å². The smallest absolute Gasteiger partial charge is 0.319 e. The van der Waals surface area contributed by atoms with E-state index in [-0.39, 0.29) is 6.54 Å². The summed E-state index contributed by atoms with van der Waals surface area (Å²) in [7, 11) is 0. The lowest BCUT2D eigenvalue weighted by Gasteiger charge is -2.13. The zero-order chi connectivity index (χ0) is 10.3. The van der Waals surface area contributed by atoms with E-state index in [0.29, 0.717) is 18.9 Å². The van der Waals surface area contributed by atoms with Gasteiger partial charge in [0.1, 0.15) is 6.54 Å². The van der Waals surface area contributed by atoms with E-state index in [2.05, 4.69) is 11.9 Å². The van der Waals surface area contributed by atoms with Gasteiger partial charge >= 0.3 is 5.97 Å². The summed E-state index contributed by atoms with van der Waals surface area (Å²) >= 11 is 0. The number of carboxylic acid groups (broad SMARTS) is 1. The molecular weight excluding hydrogens is 172 g/mol. The summed E-state index contributed by atoms with van der Waals surface area (Å²) < 4.78 is 0. The van der Waals surface area contributed by atoms with Crippen molar-refractivity contribution in [1.82, 2.24) is 10.3 Å². The molecule has 0 heterocycles. The van der Waals surface area contributed by atoms with Gasteiger partial charge in [-0.05, 0) is 6.42 Å². The molecule has 0 radical (unpaired) electrons. The van der Waals surface area contributed by atoms with Gasteiger partial charge in [-0.3, -0.25) is 10.6 Å². The maximum Gasteiger partial charge on any atom is 0.319 e. The minimum absolute atomic E-state index is 0.149. The average Bonchev–Trinajstić information content (AvgIpc) is 1.96. The molecule has 0 amide bonds. The van der Waals surface area contributed by atoms with Gasteiger partial charge < -0.3 is 16.2 Å². The Balaban J connectivity index is 3.31. The number of hydrogen-bond acceptors (Lipinski definition) is 5. The van der Waals surface area contributed by atoms with Gasteiger partial charge in [0.25, 0.3) is 0 Å². The molecule has 0 aliphatic carbocycles. The molecule has 0 saturated heterocycles. The summed E-state index contributed by atoms with van der Waals surface area (Å²) in [5.41, 5.74) is 5.25. The fourth-order valence-corrected chi connectivity index (χ4v) is 0.784. The van der Waals surface area contributed by atoms with Crippen molar-refractivity contribution in [3.8, 4) is 0 Å². The molecule has 6 heteroatoms. The van der Waals surface area contributed by atoms with Crippen LogP contribution < -0.4 is 16.9 Å². The maximum atomic E-state index is 10.2. The SMILES string of the molecule is C=C(N)NCCCN(N)CC(=O)O. The summed E-state index contributed by atoms with van der Waals surface area (Å²) in [5, 5.41) is 12.4. The third kappa shape index (κ3) is 8.64. The first-order valence-corrected chi connectivity index (χ1v) is 3.92. The number of nitrogens with two attached hydrogens (primary N) is 2. The van der Waals surface area contributed by atoms with Crippen LogP contribution in [0.4, 0.5) is 0 Å². The van der Waals surface area contributed by atoms with Gasteiger partial charge in [-0.1, -0.05) is 6.58 Å². The Morgan fingerprint density at radius 2 is 2.23 bits per heavy atom. The van der Waals surface area contributed by atoms with Gasteiger partial charge in [0.15, 0.2) is 0 Å². The monoisotopic (exact) mass is 188 g/mol. The minimum Gasteiger partial charge on any atom is -0.480 e. The van der Waals surface area contributed by atoms with Crippen LogP contribution in [-0.4, -0.2) is 35.7 Å². The molecule has 0 aromatic rings. The highest BCUT2D eigenvalue weighted by Crippen LogP contribution is 1.83. The van der Waals surface area contributed by atoms with Crippen LogP contribution in [0.1, 0.15) is 6.42 Å². The van der Waals surface area contributed by atoms with Crippen molar-refractivity contribution in [2.45, 2.75) is 6.42 Å². The van der Waals surface area contributed by atoms with Crippen LogP contribution in [0.25, 0.3) is 0 Å². The highest BCUT2D eigenvalue weighted by Gasteiger charge is 2.03. The molecule has 13 heavy (non-hydrogen) atoms. The van der Waals surface area contributed by atoms with Crippen molar-refractivity contribution < 1.29 is 9.90 Å². The van der Waals surface area contributed by atoms with Crippen LogP contribution >= 0.6 is 0 Å². The first kappa shape index (κ1) is 11.7. The number of hydrogen-bond donors (Lipinski definition) is 4. The molecule has 6 nitrogen and oxygen atoms in total. The highest BCUT2D eigenvalue weighted by atomic mass is 16.4. The first-order valence-electron chi connectivity index (χ1n) is 3.92. The minimum atomic E-state index is -0.932. The molecule has 0 fully saturated rings. The Labute approximate surface area is 77.2 Å². The molecule has 0 aromatic heterocycles. The van der Waals surface area contributed by atoms with E-state index >= 15 is 0 Å². The standard InChI is InChI=1S/C7H16N4O2/c1-6(8)10-3-2-4-11(9)5-7(12)13/h10H,1-5,8-9H2,(H,12,13). The third-order valence-electron chi connectivity index (χ3n) is 1.31. The van der Waals surface area contributed by atoms with Crippen LogP contribution in [0, 0.1) is 0 Å². The average molecular weight is 188 g/mol. The fraction of sp³-hybridized carbons (Fsp3) is 0.571. The van der Waals surface area contributed by atoms with Gasteiger partial charge in [0.05, 0.1) is 5.82 Å². The lowest BCUT2D eigenvalue weighted by molar-refractivity contribution is -0.138. The molecule has 0 aromatic carbocycles. The molecule has 76 valence electrons. The van der Waals surface area contributed by atoms with E-state index in [9.17, 15) is 4.79 Å².